The van der Waals surface area contributed by atoms with Crippen molar-refractivity contribution in [2.75, 3.05) is 5.32 Å². The van der Waals surface area contributed by atoms with Crippen molar-refractivity contribution >= 4 is 27.5 Å². The fourth-order valence-electron chi connectivity index (χ4n) is 1.82. The van der Waals surface area contributed by atoms with E-state index in [1.54, 1.807) is 12.1 Å². The molecule has 2 aromatic rings. The minimum Gasteiger partial charge on any atom is -0.326 e. The number of hydrogen-bond donors (Lipinski definition) is 1. The highest BCUT2D eigenvalue weighted by Crippen LogP contribution is 2.20. The van der Waals surface area contributed by atoms with Gasteiger partial charge in [0.2, 0.25) is 5.91 Å². The second kappa shape index (κ2) is 6.13. The second-order valence-electron chi connectivity index (χ2n) is 4.38. The molecule has 20 heavy (non-hydrogen) atoms. The Bertz CT molecular complexity index is 638. The maximum absolute atomic E-state index is 13.5. The van der Waals surface area contributed by atoms with Crippen molar-refractivity contribution < 1.29 is 13.6 Å². The highest BCUT2D eigenvalue weighted by atomic mass is 79.9. The quantitative estimate of drug-likeness (QED) is 0.891. The van der Waals surface area contributed by atoms with E-state index in [2.05, 4.69) is 21.2 Å². The van der Waals surface area contributed by atoms with Crippen LogP contribution in [-0.4, -0.2) is 5.91 Å². The molecule has 1 N–H and O–H groups in total. The van der Waals surface area contributed by atoms with Crippen LogP contribution in [0, 0.1) is 18.6 Å². The van der Waals surface area contributed by atoms with E-state index < -0.39 is 17.5 Å². The van der Waals surface area contributed by atoms with Gasteiger partial charge >= 0.3 is 0 Å². The number of amides is 1. The van der Waals surface area contributed by atoms with Gasteiger partial charge in [0.15, 0.2) is 0 Å². The first-order valence-electron chi connectivity index (χ1n) is 5.96. The van der Waals surface area contributed by atoms with Gasteiger partial charge in [0.05, 0.1) is 6.42 Å². The molecule has 0 aliphatic carbocycles. The molecule has 5 heteroatoms. The fourth-order valence-corrected chi connectivity index (χ4v) is 2.30. The first kappa shape index (κ1) is 14.7. The van der Waals surface area contributed by atoms with E-state index in [0.717, 1.165) is 22.2 Å². The van der Waals surface area contributed by atoms with Crippen LogP contribution >= 0.6 is 15.9 Å². The molecule has 2 rings (SSSR count). The number of rotatable bonds is 3. The summed E-state index contributed by atoms with van der Waals surface area (Å²) in [7, 11) is 0. The molecule has 0 aliphatic heterocycles. The lowest BCUT2D eigenvalue weighted by molar-refractivity contribution is -0.115. The van der Waals surface area contributed by atoms with Crippen LogP contribution in [0.25, 0.3) is 0 Å². The maximum Gasteiger partial charge on any atom is 0.229 e. The van der Waals surface area contributed by atoms with E-state index in [9.17, 15) is 13.6 Å². The number of hydrogen-bond acceptors (Lipinski definition) is 1. The molecule has 0 heterocycles. The van der Waals surface area contributed by atoms with Gasteiger partial charge in [-0.15, -0.1) is 0 Å². The summed E-state index contributed by atoms with van der Waals surface area (Å²) in [5, 5.41) is 2.65. The van der Waals surface area contributed by atoms with Gasteiger partial charge in [0.25, 0.3) is 0 Å². The molecule has 0 bridgehead atoms. The van der Waals surface area contributed by atoms with E-state index in [1.807, 2.05) is 13.0 Å². The molecule has 0 radical (unpaired) electrons. The monoisotopic (exact) mass is 339 g/mol. The fraction of sp³-hybridized carbons (Fsp3) is 0.133. The van der Waals surface area contributed by atoms with Gasteiger partial charge in [-0.25, -0.2) is 8.78 Å². The largest absolute Gasteiger partial charge is 0.326 e. The molecule has 104 valence electrons. The van der Waals surface area contributed by atoms with Crippen LogP contribution in [0.15, 0.2) is 40.9 Å². The lowest BCUT2D eigenvalue weighted by Crippen LogP contribution is -2.16. The third kappa shape index (κ3) is 3.42. The Balaban J connectivity index is 2.13. The number of nitrogens with one attached hydrogen (secondary N) is 1. The molecule has 0 saturated heterocycles. The summed E-state index contributed by atoms with van der Waals surface area (Å²) in [4.78, 5) is 11.9. The van der Waals surface area contributed by atoms with Crippen LogP contribution in [0.3, 0.4) is 0 Å². The molecule has 2 nitrogen and oxygen atoms in total. The Morgan fingerprint density at radius 3 is 2.45 bits per heavy atom. The molecule has 0 aliphatic rings. The van der Waals surface area contributed by atoms with Crippen molar-refractivity contribution in [3.8, 4) is 0 Å². The summed E-state index contributed by atoms with van der Waals surface area (Å²) in [6.07, 6.45) is -0.339. The lowest BCUT2D eigenvalue weighted by Gasteiger charge is -2.09. The summed E-state index contributed by atoms with van der Waals surface area (Å²) >= 11 is 3.32. The van der Waals surface area contributed by atoms with Gasteiger partial charge in [-0.2, -0.15) is 0 Å². The van der Waals surface area contributed by atoms with Crippen LogP contribution in [0.2, 0.25) is 0 Å². The Morgan fingerprint density at radius 1 is 1.20 bits per heavy atom. The first-order chi connectivity index (χ1) is 9.47. The molecule has 0 aromatic heterocycles. The van der Waals surface area contributed by atoms with Crippen molar-refractivity contribution in [3.63, 3.8) is 0 Å². The topological polar surface area (TPSA) is 29.1 Å². The number of carbonyl (C=O) groups is 1. The predicted molar refractivity (Wildman–Crippen MR) is 77.6 cm³/mol. The van der Waals surface area contributed by atoms with Gasteiger partial charge in [-0.1, -0.05) is 22.0 Å². The number of anilines is 1. The smallest absolute Gasteiger partial charge is 0.229 e. The lowest BCUT2D eigenvalue weighted by atomic mass is 10.1. The minimum absolute atomic E-state index is 0.222. The minimum atomic E-state index is -0.715. The van der Waals surface area contributed by atoms with Crippen LogP contribution in [0.5, 0.6) is 0 Å². The summed E-state index contributed by atoms with van der Waals surface area (Å²) < 4.78 is 27.8. The van der Waals surface area contributed by atoms with E-state index in [-0.39, 0.29) is 12.0 Å². The van der Waals surface area contributed by atoms with Gasteiger partial charge in [-0.05, 0) is 42.8 Å². The molecule has 0 unspecified atom stereocenters. The van der Waals surface area contributed by atoms with Crippen LogP contribution < -0.4 is 5.32 Å². The molecule has 1 amide bonds. The number of aryl methyl sites for hydroxylation is 1. The molecule has 0 fully saturated rings. The zero-order chi connectivity index (χ0) is 14.7. The SMILES string of the molecule is Cc1cc(Br)ccc1NC(=O)Cc1c(F)cccc1F. The molecular weight excluding hydrogens is 328 g/mol. The average molecular weight is 340 g/mol. The molecule has 0 atom stereocenters. The Labute approximate surface area is 123 Å². The molecule has 2 aromatic carbocycles. The Hall–Kier alpha value is -1.75. The van der Waals surface area contributed by atoms with Gasteiger partial charge < -0.3 is 5.32 Å². The van der Waals surface area contributed by atoms with E-state index in [1.165, 1.54) is 6.07 Å². The van der Waals surface area contributed by atoms with Crippen LogP contribution in [-0.2, 0) is 11.2 Å². The van der Waals surface area contributed by atoms with Crippen LogP contribution in [0.4, 0.5) is 14.5 Å². The van der Waals surface area contributed by atoms with Crippen LogP contribution in [0.1, 0.15) is 11.1 Å². The van der Waals surface area contributed by atoms with Crippen molar-refractivity contribution in [1.29, 1.82) is 0 Å². The highest BCUT2D eigenvalue weighted by Gasteiger charge is 2.13. The number of halogens is 3. The van der Waals surface area contributed by atoms with Gasteiger partial charge in [0, 0.05) is 15.7 Å². The summed E-state index contributed by atoms with van der Waals surface area (Å²) in [5.74, 6) is -1.89. The zero-order valence-corrected chi connectivity index (χ0v) is 12.3. The average Bonchev–Trinajstić information content (AvgIpc) is 2.37. The van der Waals surface area contributed by atoms with E-state index in [0.29, 0.717) is 5.69 Å². The molecule has 0 spiro atoms. The summed E-state index contributed by atoms with van der Waals surface area (Å²) in [6.45, 7) is 1.84. The van der Waals surface area contributed by atoms with E-state index >= 15 is 0 Å². The Morgan fingerprint density at radius 2 is 1.85 bits per heavy atom. The van der Waals surface area contributed by atoms with Crippen molar-refractivity contribution in [2.24, 2.45) is 0 Å². The van der Waals surface area contributed by atoms with Gasteiger partial charge in [0.1, 0.15) is 11.6 Å². The third-order valence-corrected chi connectivity index (χ3v) is 3.35. The summed E-state index contributed by atoms with van der Waals surface area (Å²) in [5.41, 5.74) is 1.26. The van der Waals surface area contributed by atoms with Gasteiger partial charge in [-0.3, -0.25) is 4.79 Å². The third-order valence-electron chi connectivity index (χ3n) is 2.86. The van der Waals surface area contributed by atoms with E-state index in [4.69, 9.17) is 0 Å². The summed E-state index contributed by atoms with van der Waals surface area (Å²) in [6, 6.07) is 8.90. The second-order valence-corrected chi connectivity index (χ2v) is 5.30. The van der Waals surface area contributed by atoms with Crippen molar-refractivity contribution in [1.82, 2.24) is 0 Å². The maximum atomic E-state index is 13.5. The zero-order valence-electron chi connectivity index (χ0n) is 10.7. The standard InChI is InChI=1S/C15H12BrF2NO/c1-9-7-10(16)5-6-14(9)19-15(20)8-11-12(17)3-2-4-13(11)18/h2-7H,8H2,1H3,(H,19,20). The normalized spacial score (nSPS) is 10.4. The first-order valence-corrected chi connectivity index (χ1v) is 6.75. The molecular formula is C15H12BrF2NO. The van der Waals surface area contributed by atoms with Crippen molar-refractivity contribution in [3.05, 3.63) is 63.6 Å². The number of carbonyl (C=O) groups excluding carboxylic acids is 1. The molecule has 0 saturated carbocycles. The highest BCUT2D eigenvalue weighted by molar-refractivity contribution is 9.10. The predicted octanol–water partition coefficient (Wildman–Crippen LogP) is 4.22. The van der Waals surface area contributed by atoms with Crippen molar-refractivity contribution in [2.45, 2.75) is 13.3 Å². The number of benzene rings is 2. The Kier molecular flexibility index (Phi) is 4.49.